The maximum atomic E-state index is 12.1. The summed E-state index contributed by atoms with van der Waals surface area (Å²) in [4.78, 5) is 0. The molecular formula is C14H17F2N3O. The third-order valence-corrected chi connectivity index (χ3v) is 2.70. The SMILES string of the molecule is CC(C)Cn1cc(N)c(-c2ccc(OC(F)F)cc2)n1. The maximum Gasteiger partial charge on any atom is 0.387 e. The van der Waals surface area contributed by atoms with Gasteiger partial charge >= 0.3 is 6.61 Å². The first-order valence-electron chi connectivity index (χ1n) is 6.34. The predicted octanol–water partition coefficient (Wildman–Crippen LogP) is 3.39. The Labute approximate surface area is 116 Å². The van der Waals surface area contributed by atoms with Gasteiger partial charge in [0.05, 0.1) is 5.69 Å². The second-order valence-corrected chi connectivity index (χ2v) is 4.95. The molecule has 2 rings (SSSR count). The summed E-state index contributed by atoms with van der Waals surface area (Å²) in [5.74, 6) is 0.577. The Bertz CT molecular complexity index is 564. The molecule has 0 spiro atoms. The van der Waals surface area contributed by atoms with E-state index in [9.17, 15) is 8.78 Å². The smallest absolute Gasteiger partial charge is 0.387 e. The van der Waals surface area contributed by atoms with Crippen LogP contribution in [-0.4, -0.2) is 16.4 Å². The van der Waals surface area contributed by atoms with Crippen molar-refractivity contribution in [2.24, 2.45) is 5.92 Å². The van der Waals surface area contributed by atoms with Crippen molar-refractivity contribution in [2.45, 2.75) is 27.0 Å². The average Bonchev–Trinajstić information content (AvgIpc) is 2.69. The molecule has 0 saturated heterocycles. The minimum Gasteiger partial charge on any atom is -0.435 e. The van der Waals surface area contributed by atoms with Crippen LogP contribution in [0, 0.1) is 5.92 Å². The second kappa shape index (κ2) is 5.90. The summed E-state index contributed by atoms with van der Waals surface area (Å²) in [7, 11) is 0. The summed E-state index contributed by atoms with van der Waals surface area (Å²) in [5, 5.41) is 4.41. The molecule has 0 saturated carbocycles. The zero-order valence-electron chi connectivity index (χ0n) is 11.4. The molecule has 0 radical (unpaired) electrons. The lowest BCUT2D eigenvalue weighted by Gasteiger charge is -2.05. The first-order chi connectivity index (χ1) is 9.45. The Hall–Kier alpha value is -2.11. The third-order valence-electron chi connectivity index (χ3n) is 2.70. The minimum atomic E-state index is -2.82. The highest BCUT2D eigenvalue weighted by molar-refractivity contribution is 5.72. The number of hydrogen-bond acceptors (Lipinski definition) is 3. The molecule has 1 aromatic carbocycles. The molecule has 108 valence electrons. The molecular weight excluding hydrogens is 264 g/mol. The number of halogens is 2. The van der Waals surface area contributed by atoms with E-state index in [1.54, 1.807) is 23.0 Å². The molecule has 1 aromatic heterocycles. The molecule has 2 N–H and O–H groups in total. The van der Waals surface area contributed by atoms with Gasteiger partial charge in [-0.3, -0.25) is 4.68 Å². The van der Waals surface area contributed by atoms with E-state index in [2.05, 4.69) is 23.7 Å². The molecule has 0 aliphatic rings. The number of nitrogens with zero attached hydrogens (tertiary/aromatic N) is 2. The average molecular weight is 281 g/mol. The topological polar surface area (TPSA) is 53.1 Å². The van der Waals surface area contributed by atoms with Crippen molar-refractivity contribution in [1.29, 1.82) is 0 Å². The predicted molar refractivity (Wildman–Crippen MR) is 73.5 cm³/mol. The van der Waals surface area contributed by atoms with E-state index < -0.39 is 6.61 Å². The summed E-state index contributed by atoms with van der Waals surface area (Å²) in [6.45, 7) is 2.13. The lowest BCUT2D eigenvalue weighted by molar-refractivity contribution is -0.0498. The van der Waals surface area contributed by atoms with E-state index in [0.717, 1.165) is 12.1 Å². The van der Waals surface area contributed by atoms with Gasteiger partial charge in [0.15, 0.2) is 0 Å². The molecule has 0 unspecified atom stereocenters. The first kappa shape index (κ1) is 14.3. The lowest BCUT2D eigenvalue weighted by Crippen LogP contribution is -2.04. The van der Waals surface area contributed by atoms with Crippen LogP contribution in [0.3, 0.4) is 0 Å². The molecule has 0 aliphatic heterocycles. The Morgan fingerprint density at radius 1 is 1.25 bits per heavy atom. The van der Waals surface area contributed by atoms with Gasteiger partial charge in [-0.25, -0.2) is 0 Å². The van der Waals surface area contributed by atoms with E-state index in [4.69, 9.17) is 5.73 Å². The quantitative estimate of drug-likeness (QED) is 0.914. The van der Waals surface area contributed by atoms with Crippen LogP contribution in [0.15, 0.2) is 30.5 Å². The van der Waals surface area contributed by atoms with E-state index in [1.807, 2.05) is 0 Å². The van der Waals surface area contributed by atoms with Gasteiger partial charge in [-0.05, 0) is 30.2 Å². The normalized spacial score (nSPS) is 11.3. The highest BCUT2D eigenvalue weighted by atomic mass is 19.3. The number of anilines is 1. The van der Waals surface area contributed by atoms with Gasteiger partial charge in [-0.15, -0.1) is 0 Å². The minimum absolute atomic E-state index is 0.115. The van der Waals surface area contributed by atoms with E-state index in [1.165, 1.54) is 12.1 Å². The molecule has 0 atom stereocenters. The number of ether oxygens (including phenoxy) is 1. The number of rotatable bonds is 5. The molecule has 4 nitrogen and oxygen atoms in total. The van der Waals surface area contributed by atoms with Crippen molar-refractivity contribution in [3.8, 4) is 17.0 Å². The Morgan fingerprint density at radius 2 is 1.90 bits per heavy atom. The fourth-order valence-corrected chi connectivity index (χ4v) is 1.92. The molecule has 0 fully saturated rings. The van der Waals surface area contributed by atoms with Crippen LogP contribution in [0.5, 0.6) is 5.75 Å². The van der Waals surface area contributed by atoms with Crippen LogP contribution in [-0.2, 0) is 6.54 Å². The van der Waals surface area contributed by atoms with Gasteiger partial charge in [0.2, 0.25) is 0 Å². The number of nitrogen functional groups attached to an aromatic ring is 1. The molecule has 6 heteroatoms. The number of aromatic nitrogens is 2. The van der Waals surface area contributed by atoms with E-state index >= 15 is 0 Å². The zero-order valence-corrected chi connectivity index (χ0v) is 11.4. The van der Waals surface area contributed by atoms with Gasteiger partial charge in [0.1, 0.15) is 11.4 Å². The van der Waals surface area contributed by atoms with Gasteiger partial charge in [-0.2, -0.15) is 13.9 Å². The van der Waals surface area contributed by atoms with Crippen LogP contribution in [0.2, 0.25) is 0 Å². The number of nitrogens with two attached hydrogens (primary N) is 1. The largest absolute Gasteiger partial charge is 0.435 e. The fraction of sp³-hybridized carbons (Fsp3) is 0.357. The van der Waals surface area contributed by atoms with Crippen molar-refractivity contribution in [1.82, 2.24) is 9.78 Å². The second-order valence-electron chi connectivity index (χ2n) is 4.95. The molecule has 2 aromatic rings. The van der Waals surface area contributed by atoms with Crippen LogP contribution in [0.4, 0.5) is 14.5 Å². The monoisotopic (exact) mass is 281 g/mol. The van der Waals surface area contributed by atoms with Crippen molar-refractivity contribution >= 4 is 5.69 Å². The van der Waals surface area contributed by atoms with E-state index in [0.29, 0.717) is 17.3 Å². The summed E-state index contributed by atoms with van der Waals surface area (Å²) in [6, 6.07) is 6.27. The molecule has 1 heterocycles. The van der Waals surface area contributed by atoms with Gasteiger partial charge in [-0.1, -0.05) is 13.8 Å². The molecule has 0 aliphatic carbocycles. The molecule has 0 amide bonds. The van der Waals surface area contributed by atoms with Crippen LogP contribution in [0.1, 0.15) is 13.8 Å². The summed E-state index contributed by atoms with van der Waals surface area (Å²) in [5.41, 5.74) is 7.91. The summed E-state index contributed by atoms with van der Waals surface area (Å²) >= 11 is 0. The molecule has 0 bridgehead atoms. The zero-order chi connectivity index (χ0) is 14.7. The van der Waals surface area contributed by atoms with Crippen LogP contribution >= 0.6 is 0 Å². The van der Waals surface area contributed by atoms with Crippen molar-refractivity contribution in [2.75, 3.05) is 5.73 Å². The Morgan fingerprint density at radius 3 is 2.45 bits per heavy atom. The summed E-state index contributed by atoms with van der Waals surface area (Å²) < 4.78 is 30.2. The van der Waals surface area contributed by atoms with Crippen molar-refractivity contribution in [3.63, 3.8) is 0 Å². The number of alkyl halides is 2. The van der Waals surface area contributed by atoms with Gasteiger partial charge in [0, 0.05) is 18.3 Å². The van der Waals surface area contributed by atoms with Gasteiger partial charge in [0.25, 0.3) is 0 Å². The Balaban J connectivity index is 2.21. The molecule has 20 heavy (non-hydrogen) atoms. The Kier molecular flexibility index (Phi) is 4.22. The van der Waals surface area contributed by atoms with Crippen LogP contribution < -0.4 is 10.5 Å². The van der Waals surface area contributed by atoms with Gasteiger partial charge < -0.3 is 10.5 Å². The van der Waals surface area contributed by atoms with E-state index in [-0.39, 0.29) is 5.75 Å². The summed E-state index contributed by atoms with van der Waals surface area (Å²) in [6.07, 6.45) is 1.78. The number of benzene rings is 1. The first-order valence-corrected chi connectivity index (χ1v) is 6.34. The fourth-order valence-electron chi connectivity index (χ4n) is 1.92. The third kappa shape index (κ3) is 3.46. The lowest BCUT2D eigenvalue weighted by atomic mass is 10.1. The highest BCUT2D eigenvalue weighted by Gasteiger charge is 2.10. The van der Waals surface area contributed by atoms with Crippen molar-refractivity contribution in [3.05, 3.63) is 30.5 Å². The van der Waals surface area contributed by atoms with Crippen LogP contribution in [0.25, 0.3) is 11.3 Å². The maximum absolute atomic E-state index is 12.1. The highest BCUT2D eigenvalue weighted by Crippen LogP contribution is 2.26. The number of hydrogen-bond donors (Lipinski definition) is 1. The van der Waals surface area contributed by atoms with Crippen molar-refractivity contribution < 1.29 is 13.5 Å². The standard InChI is InChI=1S/C14H17F2N3O/c1-9(2)7-19-8-12(17)13(18-19)10-3-5-11(6-4-10)20-14(15)16/h3-6,8-9,14H,7,17H2,1-2H3.